The number of carbonyl (C=O) groups excluding carboxylic acids is 2. The first-order valence-electron chi connectivity index (χ1n) is 22.0. The van der Waals surface area contributed by atoms with Crippen LogP contribution in [0.5, 0.6) is 0 Å². The van der Waals surface area contributed by atoms with Crippen molar-refractivity contribution in [2.45, 2.75) is 232 Å². The summed E-state index contributed by atoms with van der Waals surface area (Å²) < 4.78 is 32.6. The van der Waals surface area contributed by atoms with E-state index in [2.05, 4.69) is 18.4 Å². The molecule has 3 unspecified atom stereocenters. The topological polar surface area (TPSA) is 149 Å². The van der Waals surface area contributed by atoms with Gasteiger partial charge in [-0.1, -0.05) is 194 Å². The van der Waals surface area contributed by atoms with E-state index in [-0.39, 0.29) is 19.4 Å². The van der Waals surface area contributed by atoms with Crippen LogP contribution in [0.15, 0.2) is 0 Å². The zero-order valence-corrected chi connectivity index (χ0v) is 35.2. The van der Waals surface area contributed by atoms with E-state index < -0.39 is 51.8 Å². The molecular weight excluding hydrogens is 695 g/mol. The second kappa shape index (κ2) is 39.2. The lowest BCUT2D eigenvalue weighted by atomic mass is 10.0. The van der Waals surface area contributed by atoms with Crippen LogP contribution in [-0.2, 0) is 32.7 Å². The number of hydrogen-bond donors (Lipinski definition) is 3. The number of aliphatic hydroxyl groups excluding tert-OH is 2. The lowest BCUT2D eigenvalue weighted by Crippen LogP contribution is -2.29. The number of phosphoric acid groups is 1. The number of rotatable bonds is 42. The Morgan fingerprint density at radius 1 is 0.491 bits per heavy atom. The summed E-state index contributed by atoms with van der Waals surface area (Å²) in [4.78, 5) is 34.8. The molecule has 0 rings (SSSR count). The van der Waals surface area contributed by atoms with Gasteiger partial charge in [0, 0.05) is 12.8 Å². The van der Waals surface area contributed by atoms with Crippen molar-refractivity contribution in [1.82, 2.24) is 0 Å². The van der Waals surface area contributed by atoms with Gasteiger partial charge in [0.1, 0.15) is 12.7 Å². The molecule has 316 valence electrons. The molecule has 0 aromatic carbocycles. The molecule has 0 amide bonds. The standard InChI is InChI=1S/C42H83O10P/c1-3-5-7-9-11-12-13-14-15-16-17-18-19-20-21-22-23-24-25-26-28-30-32-34-42(46)52-40(38-51-53(47,48)50-36-39(44)35-43)37-49-41(45)33-31-29-27-10-8-6-4-2/h39-40,43-44H,3-38H2,1-2H3,(H,47,48). The van der Waals surface area contributed by atoms with E-state index in [9.17, 15) is 24.2 Å². The summed E-state index contributed by atoms with van der Waals surface area (Å²) in [5, 5.41) is 18.3. The highest BCUT2D eigenvalue weighted by Gasteiger charge is 2.27. The summed E-state index contributed by atoms with van der Waals surface area (Å²) in [7, 11) is -4.60. The Kier molecular flexibility index (Phi) is 38.5. The lowest BCUT2D eigenvalue weighted by Gasteiger charge is -2.20. The van der Waals surface area contributed by atoms with Crippen molar-refractivity contribution in [2.75, 3.05) is 26.4 Å². The first-order valence-corrected chi connectivity index (χ1v) is 23.5. The molecule has 0 aromatic rings. The molecule has 0 spiro atoms. The summed E-state index contributed by atoms with van der Waals surface area (Å²) >= 11 is 0. The zero-order valence-electron chi connectivity index (χ0n) is 34.3. The second-order valence-electron chi connectivity index (χ2n) is 15.1. The predicted molar refractivity (Wildman–Crippen MR) is 215 cm³/mol. The van der Waals surface area contributed by atoms with Crippen LogP contribution < -0.4 is 0 Å². The van der Waals surface area contributed by atoms with Gasteiger partial charge in [-0.2, -0.15) is 0 Å². The van der Waals surface area contributed by atoms with Crippen LogP contribution in [0.4, 0.5) is 0 Å². The minimum absolute atomic E-state index is 0.192. The minimum atomic E-state index is -4.60. The van der Waals surface area contributed by atoms with E-state index in [0.717, 1.165) is 38.5 Å². The third kappa shape index (κ3) is 39.0. The van der Waals surface area contributed by atoms with E-state index in [1.807, 2.05) is 0 Å². The average molecular weight is 779 g/mol. The summed E-state index contributed by atoms with van der Waals surface area (Å²) in [6.45, 7) is 2.36. The molecule has 0 aliphatic rings. The molecule has 11 heteroatoms. The van der Waals surface area contributed by atoms with Crippen LogP contribution in [0.1, 0.15) is 219 Å². The smallest absolute Gasteiger partial charge is 0.462 e. The Labute approximate surface area is 324 Å². The molecule has 0 heterocycles. The first-order chi connectivity index (χ1) is 25.7. The molecule has 3 N–H and O–H groups in total. The van der Waals surface area contributed by atoms with Crippen molar-refractivity contribution in [1.29, 1.82) is 0 Å². The van der Waals surface area contributed by atoms with Crippen molar-refractivity contribution in [3.63, 3.8) is 0 Å². The molecule has 0 fully saturated rings. The molecule has 0 saturated heterocycles. The van der Waals surface area contributed by atoms with Crippen LogP contribution in [0.2, 0.25) is 0 Å². The lowest BCUT2D eigenvalue weighted by molar-refractivity contribution is -0.161. The van der Waals surface area contributed by atoms with Crippen molar-refractivity contribution < 1.29 is 47.8 Å². The van der Waals surface area contributed by atoms with Crippen LogP contribution >= 0.6 is 7.82 Å². The summed E-state index contributed by atoms with van der Waals surface area (Å²) in [5.41, 5.74) is 0. The maximum absolute atomic E-state index is 12.6. The largest absolute Gasteiger partial charge is 0.472 e. The van der Waals surface area contributed by atoms with Gasteiger partial charge in [0.2, 0.25) is 0 Å². The third-order valence-corrected chi connectivity index (χ3v) is 10.7. The van der Waals surface area contributed by atoms with E-state index >= 15 is 0 Å². The Hall–Kier alpha value is -1.03. The van der Waals surface area contributed by atoms with Crippen molar-refractivity contribution in [2.24, 2.45) is 0 Å². The summed E-state index contributed by atoms with van der Waals surface area (Å²) in [5.74, 6) is -0.918. The number of carbonyl (C=O) groups is 2. The molecule has 0 aliphatic heterocycles. The SMILES string of the molecule is CCCCCCCCCCCCCCCCCCCCCCCCCC(=O)OC(COC(=O)CCCCCCCCC)COP(=O)(O)OCC(O)CO. The van der Waals surface area contributed by atoms with E-state index in [1.165, 1.54) is 141 Å². The van der Waals surface area contributed by atoms with Crippen LogP contribution in [0, 0.1) is 0 Å². The molecule has 53 heavy (non-hydrogen) atoms. The third-order valence-electron chi connectivity index (χ3n) is 9.76. The monoisotopic (exact) mass is 779 g/mol. The predicted octanol–water partition coefficient (Wildman–Crippen LogP) is 11.5. The number of hydrogen-bond acceptors (Lipinski definition) is 9. The van der Waals surface area contributed by atoms with Gasteiger partial charge < -0.3 is 24.6 Å². The molecule has 0 radical (unpaired) electrons. The quantitative estimate of drug-likeness (QED) is 0.0310. The highest BCUT2D eigenvalue weighted by atomic mass is 31.2. The van der Waals surface area contributed by atoms with Crippen LogP contribution in [0.25, 0.3) is 0 Å². The van der Waals surface area contributed by atoms with Gasteiger partial charge in [-0.15, -0.1) is 0 Å². The number of phosphoric ester groups is 1. The van der Waals surface area contributed by atoms with Gasteiger partial charge in [-0.05, 0) is 12.8 Å². The summed E-state index contributed by atoms with van der Waals surface area (Å²) in [6.07, 6.45) is 35.4. The number of ether oxygens (including phenoxy) is 2. The highest BCUT2D eigenvalue weighted by Crippen LogP contribution is 2.43. The number of unbranched alkanes of at least 4 members (excludes halogenated alkanes) is 28. The van der Waals surface area contributed by atoms with Gasteiger partial charge in [-0.25, -0.2) is 4.57 Å². The van der Waals surface area contributed by atoms with Crippen molar-refractivity contribution >= 4 is 19.8 Å². The van der Waals surface area contributed by atoms with Gasteiger partial charge in [0.15, 0.2) is 6.10 Å². The molecule has 0 bridgehead atoms. The van der Waals surface area contributed by atoms with Gasteiger partial charge in [0.25, 0.3) is 0 Å². The molecule has 0 aliphatic carbocycles. The second-order valence-corrected chi connectivity index (χ2v) is 16.5. The zero-order chi connectivity index (χ0) is 39.1. The highest BCUT2D eigenvalue weighted by molar-refractivity contribution is 7.47. The fourth-order valence-corrected chi connectivity index (χ4v) is 7.14. The Morgan fingerprint density at radius 2 is 0.811 bits per heavy atom. The van der Waals surface area contributed by atoms with Crippen LogP contribution in [0.3, 0.4) is 0 Å². The van der Waals surface area contributed by atoms with Gasteiger partial charge in [0.05, 0.1) is 19.8 Å². The fraction of sp³-hybridized carbons (Fsp3) is 0.952. The number of esters is 2. The Bertz CT molecular complexity index is 858. The molecule has 3 atom stereocenters. The molecule has 0 aromatic heterocycles. The van der Waals surface area contributed by atoms with E-state index in [0.29, 0.717) is 12.8 Å². The van der Waals surface area contributed by atoms with E-state index in [4.69, 9.17) is 19.1 Å². The number of aliphatic hydroxyl groups is 2. The normalized spacial score (nSPS) is 13.8. The maximum atomic E-state index is 12.6. The molecule has 10 nitrogen and oxygen atoms in total. The summed E-state index contributed by atoms with van der Waals surface area (Å²) in [6, 6.07) is 0. The molecular formula is C42H83O10P. The van der Waals surface area contributed by atoms with Crippen molar-refractivity contribution in [3.8, 4) is 0 Å². The first kappa shape index (κ1) is 52.0. The van der Waals surface area contributed by atoms with Crippen molar-refractivity contribution in [3.05, 3.63) is 0 Å². The fourth-order valence-electron chi connectivity index (χ4n) is 6.35. The molecule has 0 saturated carbocycles. The minimum Gasteiger partial charge on any atom is -0.462 e. The van der Waals surface area contributed by atoms with Gasteiger partial charge in [-0.3, -0.25) is 18.6 Å². The maximum Gasteiger partial charge on any atom is 0.472 e. The Morgan fingerprint density at radius 3 is 1.17 bits per heavy atom. The van der Waals surface area contributed by atoms with Gasteiger partial charge >= 0.3 is 19.8 Å². The van der Waals surface area contributed by atoms with Crippen LogP contribution in [-0.4, -0.2) is 65.7 Å². The van der Waals surface area contributed by atoms with E-state index in [1.54, 1.807) is 0 Å². The Balaban J connectivity index is 4.03. The average Bonchev–Trinajstić information content (AvgIpc) is 3.14.